The van der Waals surface area contributed by atoms with Gasteiger partial charge in [-0.2, -0.15) is 0 Å². The quantitative estimate of drug-likeness (QED) is 0.221. The van der Waals surface area contributed by atoms with E-state index in [0.717, 1.165) is 0 Å². The van der Waals surface area contributed by atoms with Crippen molar-refractivity contribution in [2.75, 3.05) is 88.5 Å². The summed E-state index contributed by atoms with van der Waals surface area (Å²) in [5.41, 5.74) is 0. The van der Waals surface area contributed by atoms with Gasteiger partial charge in [-0.05, 0) is 14.1 Å². The minimum atomic E-state index is -3.58. The number of nitrogens with zero attached hydrogens (tertiary/aromatic N) is 3. The lowest BCUT2D eigenvalue weighted by Crippen LogP contribution is -2.38. The van der Waals surface area contributed by atoms with Gasteiger partial charge in [0, 0.05) is 56.2 Å². The van der Waals surface area contributed by atoms with E-state index in [1.165, 1.54) is 0 Å². The second kappa shape index (κ2) is 15.1. The van der Waals surface area contributed by atoms with Crippen LogP contribution in [0.2, 0.25) is 0 Å². The van der Waals surface area contributed by atoms with Gasteiger partial charge in [0.15, 0.2) is 9.84 Å². The number of hydrogen-bond acceptors (Lipinski definition) is 5. The third-order valence-electron chi connectivity index (χ3n) is 3.59. The predicted molar refractivity (Wildman–Crippen MR) is 117 cm³/mol. The highest BCUT2D eigenvalue weighted by Crippen LogP contribution is 2.54. The average molecular weight is 509 g/mol. The second-order valence-electron chi connectivity index (χ2n) is 5.94. The Morgan fingerprint density at radius 1 is 0.778 bits per heavy atom. The van der Waals surface area contributed by atoms with E-state index in [1.54, 1.807) is 28.3 Å². The summed E-state index contributed by atoms with van der Waals surface area (Å²) in [6, 6.07) is 0. The maximum atomic E-state index is 13.7. The summed E-state index contributed by atoms with van der Waals surface area (Å²) in [5, 5.41) is 0. The Hall–Kier alpha value is 1.18. The first-order chi connectivity index (χ1) is 12.7. The highest BCUT2D eigenvalue weighted by atomic mass is 35.5. The first-order valence-corrected chi connectivity index (χ1v) is 14.0. The fraction of sp³-hybridized carbons (Fsp3) is 1.00. The summed E-state index contributed by atoms with van der Waals surface area (Å²) in [6.07, 6.45) is 0. The molecule has 0 fully saturated rings. The summed E-state index contributed by atoms with van der Waals surface area (Å²) < 4.78 is 46.8. The number of rotatable bonds is 17. The number of hydrogen-bond donors (Lipinski definition) is 0. The molecule has 0 bridgehead atoms. The lowest BCUT2D eigenvalue weighted by molar-refractivity contribution is 0.226. The molecule has 27 heavy (non-hydrogen) atoms. The molecule has 0 heterocycles. The fourth-order valence-electron chi connectivity index (χ4n) is 2.17. The second-order valence-corrected chi connectivity index (χ2v) is 12.1. The molecule has 0 aliphatic heterocycles. The highest BCUT2D eigenvalue weighted by molar-refractivity contribution is 7.91. The zero-order valence-corrected chi connectivity index (χ0v) is 20.6. The van der Waals surface area contributed by atoms with Gasteiger partial charge in [0.1, 0.15) is 0 Å². The molecule has 0 spiro atoms. The van der Waals surface area contributed by atoms with Crippen molar-refractivity contribution < 1.29 is 17.5 Å². The van der Waals surface area contributed by atoms with Crippen molar-refractivity contribution in [1.82, 2.24) is 14.2 Å². The molecule has 0 amide bonds. The summed E-state index contributed by atoms with van der Waals surface area (Å²) >= 11 is 23.4. The first-order valence-electron chi connectivity index (χ1n) is 8.51. The predicted octanol–water partition coefficient (Wildman–Crippen LogP) is 2.65. The van der Waals surface area contributed by atoms with Crippen LogP contribution in [-0.2, 0) is 18.9 Å². The van der Waals surface area contributed by atoms with E-state index in [0.29, 0.717) is 6.54 Å². The lowest BCUT2D eigenvalue weighted by Gasteiger charge is -2.37. The maximum Gasteiger partial charge on any atom is 0.346 e. The van der Waals surface area contributed by atoms with Gasteiger partial charge in [0.25, 0.3) is 0 Å². The average Bonchev–Trinajstić information content (AvgIpc) is 2.59. The maximum absolute atomic E-state index is 13.7. The van der Waals surface area contributed by atoms with Crippen LogP contribution < -0.4 is 0 Å². The van der Waals surface area contributed by atoms with E-state index in [4.69, 9.17) is 50.9 Å². The Balaban J connectivity index is 5.31. The Labute approximate surface area is 183 Å². The van der Waals surface area contributed by atoms with Gasteiger partial charge in [-0.15, -0.1) is 46.4 Å². The van der Waals surface area contributed by atoms with Crippen LogP contribution in [0.25, 0.3) is 0 Å². The van der Waals surface area contributed by atoms with Crippen LogP contribution in [-0.4, -0.2) is 111 Å². The van der Waals surface area contributed by atoms with Gasteiger partial charge in [0.05, 0.1) is 18.1 Å². The Bertz CT molecular complexity index is 510. The van der Waals surface area contributed by atoms with Crippen LogP contribution in [0.15, 0.2) is 0 Å². The van der Waals surface area contributed by atoms with E-state index in [2.05, 4.69) is 0 Å². The summed E-state index contributed by atoms with van der Waals surface area (Å²) in [7, 11) is -3.31. The van der Waals surface area contributed by atoms with Gasteiger partial charge in [-0.25, -0.2) is 17.8 Å². The molecule has 0 unspecified atom stereocenters. The van der Waals surface area contributed by atoms with Crippen LogP contribution in [0.1, 0.15) is 0 Å². The zero-order valence-electron chi connectivity index (χ0n) is 15.8. The molecule has 0 aromatic heterocycles. The van der Waals surface area contributed by atoms with E-state index in [9.17, 15) is 13.0 Å². The van der Waals surface area contributed by atoms with Crippen LogP contribution in [0, 0.1) is 0 Å². The Morgan fingerprint density at radius 2 is 1.19 bits per heavy atom. The van der Waals surface area contributed by atoms with Crippen LogP contribution >= 0.6 is 54.1 Å². The monoisotopic (exact) mass is 507 g/mol. The Morgan fingerprint density at radius 3 is 1.52 bits per heavy atom. The van der Waals surface area contributed by atoms with Gasteiger partial charge in [-0.3, -0.25) is 4.57 Å². The molecule has 7 nitrogen and oxygen atoms in total. The highest BCUT2D eigenvalue weighted by Gasteiger charge is 2.38. The van der Waals surface area contributed by atoms with Crippen molar-refractivity contribution in [3.8, 4) is 0 Å². The minimum absolute atomic E-state index is 0.00775. The summed E-state index contributed by atoms with van der Waals surface area (Å²) in [5.74, 6) is 0.674. The van der Waals surface area contributed by atoms with Crippen LogP contribution in [0.5, 0.6) is 0 Å². The fourth-order valence-corrected chi connectivity index (χ4v) is 7.19. The smallest absolute Gasteiger partial charge is 0.308 e. The van der Waals surface area contributed by atoms with E-state index in [-0.39, 0.29) is 67.8 Å². The normalized spacial score (nSPS) is 13.2. The van der Waals surface area contributed by atoms with Crippen molar-refractivity contribution >= 4 is 63.9 Å². The summed E-state index contributed by atoms with van der Waals surface area (Å²) in [6.45, 7) is 1.32. The van der Waals surface area contributed by atoms with Gasteiger partial charge < -0.3 is 9.42 Å². The molecule has 0 aromatic carbocycles. The molecule has 0 atom stereocenters. The minimum Gasteiger partial charge on any atom is -0.308 e. The van der Waals surface area contributed by atoms with Gasteiger partial charge in [-0.1, -0.05) is 0 Å². The molecule has 0 saturated carbocycles. The van der Waals surface area contributed by atoms with Crippen LogP contribution in [0.3, 0.4) is 0 Å². The number of alkyl halides is 4. The molecule has 0 saturated heterocycles. The molecule has 0 aliphatic rings. The van der Waals surface area contributed by atoms with E-state index in [1.807, 2.05) is 0 Å². The van der Waals surface area contributed by atoms with Gasteiger partial charge in [0.2, 0.25) is 0 Å². The first kappa shape index (κ1) is 28.2. The molecule has 13 heteroatoms. The third kappa shape index (κ3) is 11.2. The Kier molecular flexibility index (Phi) is 15.7. The number of halogens is 4. The number of sulfone groups is 1. The van der Waals surface area contributed by atoms with E-state index >= 15 is 0 Å². The molecular weight excluding hydrogens is 479 g/mol. The lowest BCUT2D eigenvalue weighted by atomic mass is 10.6. The van der Waals surface area contributed by atoms with Gasteiger partial charge >= 0.3 is 7.67 Å². The van der Waals surface area contributed by atoms with Crippen molar-refractivity contribution in [1.29, 1.82) is 0 Å². The largest absolute Gasteiger partial charge is 0.346 e. The molecule has 0 aliphatic carbocycles. The summed E-state index contributed by atoms with van der Waals surface area (Å²) in [4.78, 5) is 1.79. The standard InChI is InChI=1S/C14H30Cl4N3O4PS/c1-19(2)11-13-27(23,24)14-12-25-26(22,20(7-3-15)8-4-16)21(9-5-17)10-6-18/h3-14H2,1-2H3. The molecule has 0 aromatic rings. The van der Waals surface area contributed by atoms with Crippen molar-refractivity contribution in [3.63, 3.8) is 0 Å². The molecule has 0 rings (SSSR count). The van der Waals surface area contributed by atoms with Crippen LogP contribution in [0.4, 0.5) is 0 Å². The zero-order chi connectivity index (χ0) is 20.9. The molecule has 0 N–H and O–H groups in total. The topological polar surface area (TPSA) is 70.2 Å². The van der Waals surface area contributed by atoms with E-state index < -0.39 is 17.5 Å². The van der Waals surface area contributed by atoms with Crippen molar-refractivity contribution in [3.05, 3.63) is 0 Å². The van der Waals surface area contributed by atoms with Crippen molar-refractivity contribution in [2.24, 2.45) is 0 Å². The SMILES string of the molecule is CN(C)CCS(=O)(=O)CCOP(=O)(N(CCCl)CCCl)N(CCCl)CCCl. The molecule has 0 radical (unpaired) electrons. The van der Waals surface area contributed by atoms with Crippen molar-refractivity contribution in [2.45, 2.75) is 0 Å². The molecule has 164 valence electrons. The third-order valence-corrected chi connectivity index (χ3v) is 8.61. The molecular formula is C14H30Cl4N3O4PS.